The topological polar surface area (TPSA) is 53.5 Å². The molecule has 35 heavy (non-hydrogen) atoms. The highest BCUT2D eigenvalue weighted by Crippen LogP contribution is 2.27. The number of amides is 2. The van der Waals surface area contributed by atoms with Gasteiger partial charge >= 0.3 is 0 Å². The lowest BCUT2D eigenvalue weighted by atomic mass is 9.93. The second-order valence-electron chi connectivity index (χ2n) is 9.57. The molecule has 180 valence electrons. The Bertz CT molecular complexity index is 1210. The number of halogens is 1. The maximum absolute atomic E-state index is 13.4. The van der Waals surface area contributed by atoms with E-state index < -0.39 is 0 Å². The Hall–Kier alpha value is -3.54. The Morgan fingerprint density at radius 1 is 0.971 bits per heavy atom. The molecule has 0 aliphatic carbocycles. The molecule has 0 saturated carbocycles. The number of hydrogen-bond donors (Lipinski definition) is 0. The molecule has 5 nitrogen and oxygen atoms in total. The van der Waals surface area contributed by atoms with Crippen LogP contribution < -0.4 is 0 Å². The maximum atomic E-state index is 13.4. The summed E-state index contributed by atoms with van der Waals surface area (Å²) in [5, 5.41) is 0. The fourth-order valence-electron chi connectivity index (χ4n) is 5.12. The molecule has 2 aliphatic heterocycles. The lowest BCUT2D eigenvalue weighted by Crippen LogP contribution is -2.39. The molecule has 1 aromatic heterocycles. The molecule has 0 N–H and O–H groups in total. The van der Waals surface area contributed by atoms with Crippen molar-refractivity contribution in [3.05, 3.63) is 101 Å². The third-order valence-electron chi connectivity index (χ3n) is 6.97. The molecule has 2 fully saturated rings. The fraction of sp³-hybridized carbons (Fsp3) is 0.345. The van der Waals surface area contributed by atoms with Gasteiger partial charge in [-0.05, 0) is 66.8 Å². The van der Waals surface area contributed by atoms with Gasteiger partial charge in [0.25, 0.3) is 5.91 Å². The van der Waals surface area contributed by atoms with Crippen LogP contribution in [0.3, 0.4) is 0 Å². The Morgan fingerprint density at radius 3 is 2.60 bits per heavy atom. The average Bonchev–Trinajstić information content (AvgIpc) is 3.29. The Kier molecular flexibility index (Phi) is 6.89. The fourth-order valence-corrected chi connectivity index (χ4v) is 5.12. The molecular formula is C29H30FN3O2. The Morgan fingerprint density at radius 2 is 1.80 bits per heavy atom. The largest absolute Gasteiger partial charge is 0.338 e. The summed E-state index contributed by atoms with van der Waals surface area (Å²) in [6, 6.07) is 20.3. The third kappa shape index (κ3) is 5.59. The molecule has 0 radical (unpaired) electrons. The van der Waals surface area contributed by atoms with Crippen LogP contribution in [0.25, 0.3) is 0 Å². The summed E-state index contributed by atoms with van der Waals surface area (Å²) in [5.41, 5.74) is 4.64. The van der Waals surface area contributed by atoms with Crippen molar-refractivity contribution >= 4 is 11.8 Å². The molecule has 2 aromatic carbocycles. The van der Waals surface area contributed by atoms with E-state index in [0.29, 0.717) is 31.5 Å². The first kappa shape index (κ1) is 23.2. The molecule has 0 spiro atoms. The molecule has 2 amide bonds. The van der Waals surface area contributed by atoms with Gasteiger partial charge in [0, 0.05) is 61.9 Å². The van der Waals surface area contributed by atoms with Crippen LogP contribution in [0.1, 0.15) is 64.5 Å². The minimum atomic E-state index is -0.238. The van der Waals surface area contributed by atoms with Crippen LogP contribution in [0, 0.1) is 5.82 Å². The molecular weight excluding hydrogens is 441 g/mol. The van der Waals surface area contributed by atoms with Crippen molar-refractivity contribution in [3.8, 4) is 0 Å². The van der Waals surface area contributed by atoms with E-state index in [2.05, 4.69) is 0 Å². The first-order chi connectivity index (χ1) is 17.0. The highest BCUT2D eigenvalue weighted by Gasteiger charge is 2.27. The van der Waals surface area contributed by atoms with E-state index in [1.54, 1.807) is 12.1 Å². The van der Waals surface area contributed by atoms with Gasteiger partial charge in [0.15, 0.2) is 0 Å². The highest BCUT2D eigenvalue weighted by atomic mass is 19.1. The van der Waals surface area contributed by atoms with Crippen LogP contribution in [0.2, 0.25) is 0 Å². The van der Waals surface area contributed by atoms with Gasteiger partial charge in [-0.25, -0.2) is 4.39 Å². The quantitative estimate of drug-likeness (QED) is 0.511. The number of benzene rings is 2. The maximum Gasteiger partial charge on any atom is 0.253 e. The summed E-state index contributed by atoms with van der Waals surface area (Å²) < 4.78 is 13.2. The Balaban J connectivity index is 1.26. The summed E-state index contributed by atoms with van der Waals surface area (Å²) in [6.45, 7) is 2.73. The predicted octanol–water partition coefficient (Wildman–Crippen LogP) is 4.95. The SMILES string of the molecule is O=C1CCCN1Cc1cccc(C(=O)N2CCCC(c3cccc(Cc4ccc(F)cc4)n3)C2)c1. The minimum absolute atomic E-state index is 0.0340. The second-order valence-corrected chi connectivity index (χ2v) is 9.57. The zero-order valence-corrected chi connectivity index (χ0v) is 19.8. The number of aromatic nitrogens is 1. The molecule has 3 heterocycles. The van der Waals surface area contributed by atoms with Crippen molar-refractivity contribution in [1.82, 2.24) is 14.8 Å². The summed E-state index contributed by atoms with van der Waals surface area (Å²) in [5.74, 6) is 0.172. The van der Waals surface area contributed by atoms with Crippen molar-refractivity contribution in [3.63, 3.8) is 0 Å². The number of rotatable bonds is 6. The number of likely N-dealkylation sites (tertiary alicyclic amines) is 2. The summed E-state index contributed by atoms with van der Waals surface area (Å²) in [7, 11) is 0. The van der Waals surface area contributed by atoms with Gasteiger partial charge in [-0.1, -0.05) is 30.3 Å². The van der Waals surface area contributed by atoms with Crippen LogP contribution in [0.4, 0.5) is 4.39 Å². The van der Waals surface area contributed by atoms with E-state index in [-0.39, 0.29) is 23.5 Å². The summed E-state index contributed by atoms with van der Waals surface area (Å²) in [4.78, 5) is 34.0. The van der Waals surface area contributed by atoms with Gasteiger partial charge in [-0.15, -0.1) is 0 Å². The number of hydrogen-bond acceptors (Lipinski definition) is 3. The number of pyridine rings is 1. The number of carbonyl (C=O) groups is 2. The normalized spacial score (nSPS) is 18.2. The lowest BCUT2D eigenvalue weighted by molar-refractivity contribution is -0.128. The van der Waals surface area contributed by atoms with Crippen LogP contribution in [-0.4, -0.2) is 46.2 Å². The first-order valence-electron chi connectivity index (χ1n) is 12.4. The van der Waals surface area contributed by atoms with Gasteiger partial charge in [0.1, 0.15) is 5.82 Å². The van der Waals surface area contributed by atoms with Crippen molar-refractivity contribution in [2.75, 3.05) is 19.6 Å². The van der Waals surface area contributed by atoms with Crippen molar-refractivity contribution < 1.29 is 14.0 Å². The molecule has 5 rings (SSSR count). The third-order valence-corrected chi connectivity index (χ3v) is 6.97. The zero-order chi connectivity index (χ0) is 24.2. The molecule has 0 bridgehead atoms. The van der Waals surface area contributed by atoms with Gasteiger partial charge in [-0.3, -0.25) is 14.6 Å². The molecule has 1 atom stereocenters. The first-order valence-corrected chi connectivity index (χ1v) is 12.4. The van der Waals surface area contributed by atoms with Crippen LogP contribution >= 0.6 is 0 Å². The van der Waals surface area contributed by atoms with Gasteiger partial charge in [0.2, 0.25) is 5.91 Å². The second kappa shape index (κ2) is 10.4. The van der Waals surface area contributed by atoms with Crippen LogP contribution in [0.15, 0.2) is 66.7 Å². The number of carbonyl (C=O) groups excluding carboxylic acids is 2. The van der Waals surface area contributed by atoms with Gasteiger partial charge in [-0.2, -0.15) is 0 Å². The molecule has 1 unspecified atom stereocenters. The highest BCUT2D eigenvalue weighted by molar-refractivity contribution is 5.94. The number of nitrogens with zero attached hydrogens (tertiary/aromatic N) is 3. The number of piperidine rings is 1. The van der Waals surface area contributed by atoms with E-state index in [9.17, 15) is 14.0 Å². The van der Waals surface area contributed by atoms with E-state index in [0.717, 1.165) is 54.9 Å². The van der Waals surface area contributed by atoms with Gasteiger partial charge in [0.05, 0.1) is 0 Å². The minimum Gasteiger partial charge on any atom is -0.338 e. The summed E-state index contributed by atoms with van der Waals surface area (Å²) >= 11 is 0. The van der Waals surface area contributed by atoms with E-state index >= 15 is 0 Å². The van der Waals surface area contributed by atoms with Crippen LogP contribution in [0.5, 0.6) is 0 Å². The molecule has 3 aromatic rings. The predicted molar refractivity (Wildman–Crippen MR) is 132 cm³/mol. The standard InChI is InChI=1S/C29H30FN3O2/c30-25-13-11-21(12-14-25)18-26-8-2-9-27(31-26)24-7-3-16-33(20-24)29(35)23-6-1-5-22(17-23)19-32-15-4-10-28(32)34/h1-2,5-6,8-9,11-14,17,24H,3-4,7,10,15-16,18-20H2. The summed E-state index contributed by atoms with van der Waals surface area (Å²) in [6.07, 6.45) is 4.10. The van der Waals surface area contributed by atoms with Crippen LogP contribution in [-0.2, 0) is 17.8 Å². The van der Waals surface area contributed by atoms with E-state index in [1.165, 1.54) is 12.1 Å². The zero-order valence-electron chi connectivity index (χ0n) is 19.8. The molecule has 6 heteroatoms. The van der Waals surface area contributed by atoms with E-state index in [1.807, 2.05) is 52.3 Å². The molecule has 2 saturated heterocycles. The smallest absolute Gasteiger partial charge is 0.253 e. The van der Waals surface area contributed by atoms with E-state index in [4.69, 9.17) is 4.98 Å². The van der Waals surface area contributed by atoms with Crippen molar-refractivity contribution in [2.24, 2.45) is 0 Å². The monoisotopic (exact) mass is 471 g/mol. The average molecular weight is 472 g/mol. The Labute approximate surface area is 205 Å². The molecule has 2 aliphatic rings. The van der Waals surface area contributed by atoms with Crippen molar-refractivity contribution in [1.29, 1.82) is 0 Å². The van der Waals surface area contributed by atoms with Crippen molar-refractivity contribution in [2.45, 2.75) is 44.6 Å². The lowest BCUT2D eigenvalue weighted by Gasteiger charge is -2.33. The van der Waals surface area contributed by atoms with Gasteiger partial charge < -0.3 is 9.80 Å².